The molecule has 96 valence electrons. The number of fused-ring (bicyclic) bond motifs is 3. The van der Waals surface area contributed by atoms with Gasteiger partial charge in [-0.3, -0.25) is 0 Å². The highest BCUT2D eigenvalue weighted by Crippen LogP contribution is 2.66. The molecule has 17 heavy (non-hydrogen) atoms. The van der Waals surface area contributed by atoms with E-state index in [0.29, 0.717) is 5.92 Å². The largest absolute Gasteiger partial charge is 0.390 e. The van der Waals surface area contributed by atoms with Crippen LogP contribution in [0.3, 0.4) is 0 Å². The van der Waals surface area contributed by atoms with E-state index >= 15 is 0 Å². The zero-order valence-electron chi connectivity index (χ0n) is 11.0. The zero-order valence-corrected chi connectivity index (χ0v) is 11.0. The summed E-state index contributed by atoms with van der Waals surface area (Å²) in [6.07, 6.45) is 7.32. The SMILES string of the molecule is C=C[C@@]12CC[C@@H](C1)C(C)(C)[C@H](O)[C@]21CCCO1. The van der Waals surface area contributed by atoms with Gasteiger partial charge in [0, 0.05) is 12.0 Å². The first-order valence-electron chi connectivity index (χ1n) is 6.94. The molecule has 2 heteroatoms. The van der Waals surface area contributed by atoms with Crippen LogP contribution >= 0.6 is 0 Å². The molecule has 2 bridgehead atoms. The van der Waals surface area contributed by atoms with Crippen LogP contribution in [-0.2, 0) is 4.74 Å². The van der Waals surface area contributed by atoms with Crippen molar-refractivity contribution >= 4 is 0 Å². The smallest absolute Gasteiger partial charge is 0.104 e. The molecule has 0 radical (unpaired) electrons. The van der Waals surface area contributed by atoms with Crippen molar-refractivity contribution < 1.29 is 9.84 Å². The first-order valence-corrected chi connectivity index (χ1v) is 6.94. The van der Waals surface area contributed by atoms with E-state index in [9.17, 15) is 5.11 Å². The molecule has 3 rings (SSSR count). The fraction of sp³-hybridized carbons (Fsp3) is 0.867. The predicted octanol–water partition coefficient (Wildman–Crippen LogP) is 2.91. The van der Waals surface area contributed by atoms with E-state index in [4.69, 9.17) is 4.74 Å². The quantitative estimate of drug-likeness (QED) is 0.709. The fourth-order valence-electron chi connectivity index (χ4n) is 4.82. The Bertz CT molecular complexity index is 341. The molecule has 2 nitrogen and oxygen atoms in total. The number of aliphatic hydroxyl groups is 1. The minimum atomic E-state index is -0.350. The Labute approximate surface area is 104 Å². The molecule has 0 unspecified atom stereocenters. The molecular weight excluding hydrogens is 212 g/mol. The van der Waals surface area contributed by atoms with Crippen LogP contribution in [0.25, 0.3) is 0 Å². The Balaban J connectivity index is 2.11. The van der Waals surface area contributed by atoms with Crippen molar-refractivity contribution in [3.8, 4) is 0 Å². The maximum atomic E-state index is 10.9. The first kappa shape index (κ1) is 11.7. The van der Waals surface area contributed by atoms with Crippen molar-refractivity contribution in [1.82, 2.24) is 0 Å². The lowest BCUT2D eigenvalue weighted by Gasteiger charge is -2.56. The van der Waals surface area contributed by atoms with Gasteiger partial charge in [0.15, 0.2) is 0 Å². The Hall–Kier alpha value is -0.340. The van der Waals surface area contributed by atoms with Gasteiger partial charge in [-0.2, -0.15) is 0 Å². The molecule has 1 heterocycles. The molecule has 1 saturated heterocycles. The van der Waals surface area contributed by atoms with Gasteiger partial charge in [0.25, 0.3) is 0 Å². The number of hydrogen-bond donors (Lipinski definition) is 1. The van der Waals surface area contributed by atoms with Crippen LogP contribution in [0.2, 0.25) is 0 Å². The van der Waals surface area contributed by atoms with Gasteiger partial charge in [0.1, 0.15) is 5.60 Å². The summed E-state index contributed by atoms with van der Waals surface area (Å²) in [7, 11) is 0. The summed E-state index contributed by atoms with van der Waals surface area (Å²) in [5, 5.41) is 10.9. The Morgan fingerprint density at radius 3 is 2.71 bits per heavy atom. The van der Waals surface area contributed by atoms with Crippen LogP contribution < -0.4 is 0 Å². The summed E-state index contributed by atoms with van der Waals surface area (Å²) in [4.78, 5) is 0. The van der Waals surface area contributed by atoms with E-state index in [0.717, 1.165) is 32.3 Å². The van der Waals surface area contributed by atoms with Crippen molar-refractivity contribution in [2.75, 3.05) is 6.61 Å². The van der Waals surface area contributed by atoms with Gasteiger partial charge in [0.2, 0.25) is 0 Å². The lowest BCUT2D eigenvalue weighted by atomic mass is 9.54. The second-order valence-electron chi connectivity index (χ2n) is 6.87. The summed E-state index contributed by atoms with van der Waals surface area (Å²) in [6, 6.07) is 0. The standard InChI is InChI=1S/C15H24O2/c1-4-14-8-6-11(10-14)13(2,3)12(16)15(14)7-5-9-17-15/h4,11-12,16H,1,5-10H2,2-3H3/t11-,12-,14+,15+/m0/s1. The maximum absolute atomic E-state index is 10.9. The zero-order chi connectivity index (χ0) is 12.3. The minimum Gasteiger partial charge on any atom is -0.390 e. The third-order valence-corrected chi connectivity index (χ3v) is 6.03. The van der Waals surface area contributed by atoms with E-state index < -0.39 is 0 Å². The number of ether oxygens (including phenoxy) is 1. The van der Waals surface area contributed by atoms with Crippen molar-refractivity contribution in [3.05, 3.63) is 12.7 Å². The van der Waals surface area contributed by atoms with Gasteiger partial charge >= 0.3 is 0 Å². The Kier molecular flexibility index (Phi) is 2.32. The molecule has 1 aliphatic heterocycles. The maximum Gasteiger partial charge on any atom is 0.104 e. The molecule has 1 spiro atoms. The van der Waals surface area contributed by atoms with Gasteiger partial charge in [-0.1, -0.05) is 19.9 Å². The molecule has 1 N–H and O–H groups in total. The molecule has 0 aromatic rings. The number of rotatable bonds is 1. The second kappa shape index (κ2) is 3.36. The monoisotopic (exact) mass is 236 g/mol. The van der Waals surface area contributed by atoms with E-state index in [1.807, 2.05) is 0 Å². The van der Waals surface area contributed by atoms with E-state index in [-0.39, 0.29) is 22.5 Å². The van der Waals surface area contributed by atoms with Crippen LogP contribution in [0, 0.1) is 16.7 Å². The van der Waals surface area contributed by atoms with Crippen LogP contribution in [0.4, 0.5) is 0 Å². The van der Waals surface area contributed by atoms with Crippen molar-refractivity contribution in [3.63, 3.8) is 0 Å². The highest BCUT2D eigenvalue weighted by Gasteiger charge is 2.68. The summed E-state index contributed by atoms with van der Waals surface area (Å²) < 4.78 is 6.13. The van der Waals surface area contributed by atoms with E-state index in [1.54, 1.807) is 0 Å². The summed E-state index contributed by atoms with van der Waals surface area (Å²) >= 11 is 0. The number of hydrogen-bond acceptors (Lipinski definition) is 2. The Morgan fingerprint density at radius 2 is 2.12 bits per heavy atom. The van der Waals surface area contributed by atoms with Gasteiger partial charge in [-0.15, -0.1) is 6.58 Å². The van der Waals surface area contributed by atoms with Gasteiger partial charge in [-0.25, -0.2) is 0 Å². The van der Waals surface area contributed by atoms with Gasteiger partial charge < -0.3 is 9.84 Å². The topological polar surface area (TPSA) is 29.5 Å². The van der Waals surface area contributed by atoms with Gasteiger partial charge in [-0.05, 0) is 43.4 Å². The van der Waals surface area contributed by atoms with Crippen LogP contribution in [0.15, 0.2) is 12.7 Å². The summed E-state index contributed by atoms with van der Waals surface area (Å²) in [5.74, 6) is 0.616. The third-order valence-electron chi connectivity index (χ3n) is 6.03. The fourth-order valence-corrected chi connectivity index (χ4v) is 4.82. The molecule has 3 aliphatic rings. The predicted molar refractivity (Wildman–Crippen MR) is 67.7 cm³/mol. The van der Waals surface area contributed by atoms with Crippen molar-refractivity contribution in [1.29, 1.82) is 0 Å². The van der Waals surface area contributed by atoms with Crippen LogP contribution in [0.5, 0.6) is 0 Å². The molecule has 0 aromatic carbocycles. The number of aliphatic hydroxyl groups excluding tert-OH is 1. The Morgan fingerprint density at radius 1 is 1.35 bits per heavy atom. The average molecular weight is 236 g/mol. The third kappa shape index (κ3) is 1.18. The molecule has 2 saturated carbocycles. The van der Waals surface area contributed by atoms with Crippen molar-refractivity contribution in [2.24, 2.45) is 16.7 Å². The molecule has 2 aliphatic carbocycles. The summed E-state index contributed by atoms with van der Waals surface area (Å²) in [6.45, 7) is 9.29. The second-order valence-corrected chi connectivity index (χ2v) is 6.87. The highest BCUT2D eigenvalue weighted by molar-refractivity contribution is 5.23. The molecular formula is C15H24O2. The highest BCUT2D eigenvalue weighted by atomic mass is 16.5. The van der Waals surface area contributed by atoms with E-state index in [2.05, 4.69) is 26.5 Å². The average Bonchev–Trinajstić information content (AvgIpc) is 2.94. The molecule has 3 fully saturated rings. The van der Waals surface area contributed by atoms with Crippen LogP contribution in [0.1, 0.15) is 46.0 Å². The lowest BCUT2D eigenvalue weighted by Crippen LogP contribution is -2.63. The molecule has 4 atom stereocenters. The molecule has 0 aromatic heterocycles. The van der Waals surface area contributed by atoms with E-state index in [1.165, 1.54) is 6.42 Å². The normalized spacial score (nSPS) is 51.9. The van der Waals surface area contributed by atoms with Crippen molar-refractivity contribution in [2.45, 2.75) is 57.7 Å². The molecule has 0 amide bonds. The van der Waals surface area contributed by atoms with Gasteiger partial charge in [0.05, 0.1) is 6.10 Å². The lowest BCUT2D eigenvalue weighted by molar-refractivity contribution is -0.213. The first-order chi connectivity index (χ1) is 7.98. The minimum absolute atomic E-state index is 0.0205. The summed E-state index contributed by atoms with van der Waals surface area (Å²) in [5.41, 5.74) is -0.332. The van der Waals surface area contributed by atoms with Crippen LogP contribution in [-0.4, -0.2) is 23.4 Å².